The second kappa shape index (κ2) is 5.51. The van der Waals surface area contributed by atoms with Crippen molar-refractivity contribution in [2.24, 2.45) is 0 Å². The van der Waals surface area contributed by atoms with E-state index in [0.717, 1.165) is 24.2 Å². The van der Waals surface area contributed by atoms with Crippen LogP contribution < -0.4 is 5.73 Å². The van der Waals surface area contributed by atoms with E-state index in [0.29, 0.717) is 6.54 Å². The quantitative estimate of drug-likeness (QED) is 0.508. The van der Waals surface area contributed by atoms with Gasteiger partial charge in [0.25, 0.3) is 5.69 Å². The molecular weight excluding hydrogens is 244 g/mol. The smallest absolute Gasteiger partial charge is 0.292 e. The number of aryl methyl sites for hydroxylation is 1. The first-order valence-corrected chi connectivity index (χ1v) is 6.15. The van der Waals surface area contributed by atoms with E-state index in [-0.39, 0.29) is 11.4 Å². The van der Waals surface area contributed by atoms with Gasteiger partial charge in [-0.05, 0) is 6.42 Å². The highest BCUT2D eigenvalue weighted by atomic mass is 16.6. The molecule has 2 N–H and O–H groups in total. The Hall–Kier alpha value is -2.37. The number of benzene rings is 1. The molecule has 6 heteroatoms. The normalized spacial score (nSPS) is 10.6. The molecular formula is C13H16N4O2. The molecule has 0 amide bonds. The number of hydrogen-bond acceptors (Lipinski definition) is 4. The van der Waals surface area contributed by atoms with Crippen molar-refractivity contribution >= 4 is 11.4 Å². The predicted octanol–water partition coefficient (Wildman–Crippen LogP) is 2.37. The van der Waals surface area contributed by atoms with Crippen molar-refractivity contribution in [3.05, 3.63) is 52.1 Å². The van der Waals surface area contributed by atoms with Crippen LogP contribution in [0.1, 0.15) is 24.7 Å². The minimum atomic E-state index is -0.459. The summed E-state index contributed by atoms with van der Waals surface area (Å²) in [5.41, 5.74) is 6.77. The molecule has 1 aromatic carbocycles. The summed E-state index contributed by atoms with van der Waals surface area (Å²) in [6, 6.07) is 4.87. The van der Waals surface area contributed by atoms with Gasteiger partial charge >= 0.3 is 0 Å². The SMILES string of the molecule is CCCc1nccn1Cc1cccc([N+](=O)[O-])c1N. The van der Waals surface area contributed by atoms with Gasteiger partial charge in [-0.3, -0.25) is 10.1 Å². The average molecular weight is 260 g/mol. The summed E-state index contributed by atoms with van der Waals surface area (Å²) in [5, 5.41) is 10.9. The highest BCUT2D eigenvalue weighted by Gasteiger charge is 2.15. The second-order valence-corrected chi connectivity index (χ2v) is 4.33. The van der Waals surface area contributed by atoms with Crippen LogP contribution in [0.5, 0.6) is 0 Å². The van der Waals surface area contributed by atoms with Crippen LogP contribution >= 0.6 is 0 Å². The third kappa shape index (κ3) is 2.73. The summed E-state index contributed by atoms with van der Waals surface area (Å²) in [6.07, 6.45) is 5.48. The van der Waals surface area contributed by atoms with E-state index in [1.54, 1.807) is 18.3 Å². The zero-order valence-corrected chi connectivity index (χ0v) is 10.7. The third-order valence-electron chi connectivity index (χ3n) is 2.99. The Morgan fingerprint density at radius 3 is 2.95 bits per heavy atom. The van der Waals surface area contributed by atoms with Crippen molar-refractivity contribution in [3.8, 4) is 0 Å². The Morgan fingerprint density at radius 2 is 2.26 bits per heavy atom. The number of imidazole rings is 1. The zero-order valence-electron chi connectivity index (χ0n) is 10.7. The first kappa shape index (κ1) is 13.1. The fourth-order valence-corrected chi connectivity index (χ4v) is 2.02. The Balaban J connectivity index is 2.31. The van der Waals surface area contributed by atoms with Crippen molar-refractivity contribution in [2.45, 2.75) is 26.3 Å². The number of nitrogens with two attached hydrogens (primary N) is 1. The number of aromatic nitrogens is 2. The topological polar surface area (TPSA) is 87.0 Å². The summed E-state index contributed by atoms with van der Waals surface area (Å²) < 4.78 is 1.97. The van der Waals surface area contributed by atoms with E-state index in [1.807, 2.05) is 10.8 Å². The summed E-state index contributed by atoms with van der Waals surface area (Å²) >= 11 is 0. The lowest BCUT2D eigenvalue weighted by molar-refractivity contribution is -0.383. The van der Waals surface area contributed by atoms with Crippen molar-refractivity contribution < 1.29 is 4.92 Å². The number of para-hydroxylation sites is 1. The Labute approximate surface area is 111 Å². The number of nitrogen functional groups attached to an aromatic ring is 1. The minimum Gasteiger partial charge on any atom is -0.393 e. The fourth-order valence-electron chi connectivity index (χ4n) is 2.02. The van der Waals surface area contributed by atoms with Gasteiger partial charge in [-0.15, -0.1) is 0 Å². The van der Waals surface area contributed by atoms with Crippen LogP contribution in [0.25, 0.3) is 0 Å². The summed E-state index contributed by atoms with van der Waals surface area (Å²) in [4.78, 5) is 14.7. The zero-order chi connectivity index (χ0) is 13.8. The maximum Gasteiger partial charge on any atom is 0.292 e. The molecule has 0 aliphatic carbocycles. The standard InChI is InChI=1S/C13H16N4O2/c1-2-4-12-15-7-8-16(12)9-10-5-3-6-11(13(10)14)17(18)19/h3,5-8H,2,4,9,14H2,1H3. The molecule has 100 valence electrons. The van der Waals surface area contributed by atoms with Gasteiger partial charge in [0, 0.05) is 30.4 Å². The molecule has 0 unspecified atom stereocenters. The molecule has 19 heavy (non-hydrogen) atoms. The molecule has 0 saturated carbocycles. The van der Waals surface area contributed by atoms with Crippen molar-refractivity contribution in [2.75, 3.05) is 5.73 Å². The number of hydrogen-bond donors (Lipinski definition) is 1. The molecule has 1 heterocycles. The molecule has 0 radical (unpaired) electrons. The Bertz CT molecular complexity index is 592. The highest BCUT2D eigenvalue weighted by molar-refractivity contribution is 5.63. The van der Waals surface area contributed by atoms with Gasteiger partial charge in [0.05, 0.1) is 11.5 Å². The molecule has 2 aromatic rings. The van der Waals surface area contributed by atoms with E-state index >= 15 is 0 Å². The maximum atomic E-state index is 10.9. The van der Waals surface area contributed by atoms with E-state index < -0.39 is 4.92 Å². The first-order valence-electron chi connectivity index (χ1n) is 6.15. The Morgan fingerprint density at radius 1 is 1.47 bits per heavy atom. The second-order valence-electron chi connectivity index (χ2n) is 4.33. The van der Waals surface area contributed by atoms with Crippen LogP contribution in [0.2, 0.25) is 0 Å². The van der Waals surface area contributed by atoms with Crippen LogP contribution in [0.3, 0.4) is 0 Å². The predicted molar refractivity (Wildman–Crippen MR) is 72.8 cm³/mol. The number of nitrogens with zero attached hydrogens (tertiary/aromatic N) is 3. The maximum absolute atomic E-state index is 10.9. The van der Waals surface area contributed by atoms with Gasteiger partial charge < -0.3 is 10.3 Å². The molecule has 6 nitrogen and oxygen atoms in total. The molecule has 0 fully saturated rings. The van der Waals surface area contributed by atoms with E-state index in [2.05, 4.69) is 11.9 Å². The monoisotopic (exact) mass is 260 g/mol. The van der Waals surface area contributed by atoms with Crippen molar-refractivity contribution in [3.63, 3.8) is 0 Å². The molecule has 0 spiro atoms. The molecule has 2 rings (SSSR count). The lowest BCUT2D eigenvalue weighted by Crippen LogP contribution is -2.07. The molecule has 0 aliphatic rings. The van der Waals surface area contributed by atoms with Gasteiger partial charge in [0.1, 0.15) is 11.5 Å². The third-order valence-corrected chi connectivity index (χ3v) is 2.99. The van der Waals surface area contributed by atoms with Crippen LogP contribution in [0, 0.1) is 10.1 Å². The lowest BCUT2D eigenvalue weighted by atomic mass is 10.1. The lowest BCUT2D eigenvalue weighted by Gasteiger charge is -2.09. The van der Waals surface area contributed by atoms with E-state index in [9.17, 15) is 10.1 Å². The minimum absolute atomic E-state index is 0.0466. The largest absolute Gasteiger partial charge is 0.393 e. The van der Waals surface area contributed by atoms with Crippen LogP contribution in [0.4, 0.5) is 11.4 Å². The van der Waals surface area contributed by atoms with Crippen LogP contribution in [0.15, 0.2) is 30.6 Å². The van der Waals surface area contributed by atoms with Gasteiger partial charge in [-0.2, -0.15) is 0 Å². The highest BCUT2D eigenvalue weighted by Crippen LogP contribution is 2.25. The molecule has 0 saturated heterocycles. The van der Waals surface area contributed by atoms with Crippen LogP contribution in [-0.2, 0) is 13.0 Å². The van der Waals surface area contributed by atoms with Gasteiger partial charge in [0.15, 0.2) is 0 Å². The molecule has 1 aromatic heterocycles. The van der Waals surface area contributed by atoms with Crippen LogP contribution in [-0.4, -0.2) is 14.5 Å². The van der Waals surface area contributed by atoms with E-state index in [1.165, 1.54) is 6.07 Å². The number of rotatable bonds is 5. The molecule has 0 bridgehead atoms. The van der Waals surface area contributed by atoms with Crippen molar-refractivity contribution in [1.82, 2.24) is 9.55 Å². The fraction of sp³-hybridized carbons (Fsp3) is 0.308. The molecule has 0 atom stereocenters. The summed E-state index contributed by atoms with van der Waals surface area (Å²) in [6.45, 7) is 2.59. The number of nitro groups is 1. The van der Waals surface area contributed by atoms with Gasteiger partial charge in [0.2, 0.25) is 0 Å². The molecule has 0 aliphatic heterocycles. The average Bonchev–Trinajstić information content (AvgIpc) is 2.79. The number of nitro benzene ring substituents is 1. The first-order chi connectivity index (χ1) is 9.13. The Kier molecular flexibility index (Phi) is 3.79. The van der Waals surface area contributed by atoms with Crippen molar-refractivity contribution in [1.29, 1.82) is 0 Å². The van der Waals surface area contributed by atoms with Gasteiger partial charge in [-0.1, -0.05) is 19.1 Å². The summed E-state index contributed by atoms with van der Waals surface area (Å²) in [5.74, 6) is 0.966. The van der Waals surface area contributed by atoms with Gasteiger partial charge in [-0.25, -0.2) is 4.98 Å². The summed E-state index contributed by atoms with van der Waals surface area (Å²) in [7, 11) is 0. The number of anilines is 1. The van der Waals surface area contributed by atoms with E-state index in [4.69, 9.17) is 5.73 Å².